The van der Waals surface area contributed by atoms with Crippen molar-refractivity contribution in [3.8, 4) is 0 Å². The van der Waals surface area contributed by atoms with Gasteiger partial charge in [0.25, 0.3) is 10.2 Å². The molecule has 0 heterocycles. The smallest absolute Gasteiger partial charge is 0.279 e. The second-order valence-electron chi connectivity index (χ2n) is 4.92. The van der Waals surface area contributed by atoms with Crippen molar-refractivity contribution >= 4 is 10.2 Å². The van der Waals surface area contributed by atoms with Crippen LogP contribution in [-0.2, 0) is 10.2 Å². The maximum atomic E-state index is 11.8. The normalized spacial score (nSPS) is 14.5. The zero-order chi connectivity index (χ0) is 13.5. The summed E-state index contributed by atoms with van der Waals surface area (Å²) in [5.74, 6) is 0.479. The predicted molar refractivity (Wildman–Crippen MR) is 71.9 cm³/mol. The van der Waals surface area contributed by atoms with Crippen molar-refractivity contribution in [1.29, 1.82) is 0 Å². The Labute approximate surface area is 106 Å². The lowest BCUT2D eigenvalue weighted by Gasteiger charge is -2.20. The van der Waals surface area contributed by atoms with Gasteiger partial charge < -0.3 is 5.73 Å². The fourth-order valence-electron chi connectivity index (χ4n) is 1.51. The van der Waals surface area contributed by atoms with E-state index in [-0.39, 0.29) is 6.04 Å². The summed E-state index contributed by atoms with van der Waals surface area (Å²) < 4.78 is 27.5. The van der Waals surface area contributed by atoms with Crippen LogP contribution in [0.3, 0.4) is 0 Å². The van der Waals surface area contributed by atoms with Crippen LogP contribution in [0.1, 0.15) is 40.0 Å². The zero-order valence-corrected chi connectivity index (χ0v) is 12.3. The minimum absolute atomic E-state index is 0.121. The van der Waals surface area contributed by atoms with Gasteiger partial charge in [-0.15, -0.1) is 0 Å². The molecule has 1 atom stereocenters. The monoisotopic (exact) mass is 265 g/mol. The predicted octanol–water partition coefficient (Wildman–Crippen LogP) is 0.926. The molecular weight excluding hydrogens is 238 g/mol. The van der Waals surface area contributed by atoms with E-state index in [4.69, 9.17) is 5.73 Å². The van der Waals surface area contributed by atoms with Gasteiger partial charge in [0.1, 0.15) is 0 Å². The van der Waals surface area contributed by atoms with Crippen LogP contribution in [0, 0.1) is 5.92 Å². The molecule has 0 rings (SSSR count). The molecule has 3 N–H and O–H groups in total. The molecule has 5 nitrogen and oxygen atoms in total. The number of hydrogen-bond donors (Lipinski definition) is 2. The van der Waals surface area contributed by atoms with Crippen LogP contribution in [0.25, 0.3) is 0 Å². The summed E-state index contributed by atoms with van der Waals surface area (Å²) >= 11 is 0. The van der Waals surface area contributed by atoms with Gasteiger partial charge in [-0.2, -0.15) is 12.7 Å². The van der Waals surface area contributed by atoms with Crippen molar-refractivity contribution in [2.75, 3.05) is 20.1 Å². The Balaban J connectivity index is 4.08. The van der Waals surface area contributed by atoms with E-state index in [1.165, 1.54) is 4.31 Å². The van der Waals surface area contributed by atoms with Crippen LogP contribution in [0.15, 0.2) is 0 Å². The zero-order valence-electron chi connectivity index (χ0n) is 11.4. The Bertz CT molecular complexity index is 291. The van der Waals surface area contributed by atoms with Gasteiger partial charge in [-0.1, -0.05) is 27.2 Å². The lowest BCUT2D eigenvalue weighted by molar-refractivity contribution is 0.437. The molecule has 6 heteroatoms. The molecule has 0 amide bonds. The van der Waals surface area contributed by atoms with Crippen LogP contribution in [-0.4, -0.2) is 38.9 Å². The highest BCUT2D eigenvalue weighted by Gasteiger charge is 2.17. The average molecular weight is 265 g/mol. The van der Waals surface area contributed by atoms with E-state index in [9.17, 15) is 8.42 Å². The Morgan fingerprint density at radius 3 is 2.41 bits per heavy atom. The van der Waals surface area contributed by atoms with Gasteiger partial charge in [-0.05, 0) is 18.8 Å². The van der Waals surface area contributed by atoms with Crippen molar-refractivity contribution in [2.24, 2.45) is 11.7 Å². The van der Waals surface area contributed by atoms with Crippen LogP contribution >= 0.6 is 0 Å². The van der Waals surface area contributed by atoms with E-state index in [1.54, 1.807) is 7.05 Å². The first-order chi connectivity index (χ1) is 7.79. The first kappa shape index (κ1) is 16.8. The number of nitrogens with two attached hydrogens (primary N) is 1. The third-order valence-corrected chi connectivity index (χ3v) is 4.07. The molecule has 104 valence electrons. The topological polar surface area (TPSA) is 75.4 Å². The molecule has 0 aliphatic heterocycles. The molecule has 0 fully saturated rings. The molecule has 0 aliphatic carbocycles. The van der Waals surface area contributed by atoms with Gasteiger partial charge in [0.05, 0.1) is 0 Å². The van der Waals surface area contributed by atoms with Crippen LogP contribution in [0.4, 0.5) is 0 Å². The number of unbranched alkanes of at least 4 members (excludes halogenated alkanes) is 1. The fourth-order valence-corrected chi connectivity index (χ4v) is 2.53. The molecule has 0 bridgehead atoms. The van der Waals surface area contributed by atoms with Gasteiger partial charge >= 0.3 is 0 Å². The standard InChI is InChI=1S/C11H27N3O2S/c1-5-6-7-14(4)17(15,16)13-9-11(12)8-10(2)3/h10-11,13H,5-9,12H2,1-4H3. The number of nitrogens with one attached hydrogen (secondary N) is 1. The first-order valence-electron chi connectivity index (χ1n) is 6.26. The molecule has 0 saturated carbocycles. The van der Waals surface area contributed by atoms with Crippen LogP contribution < -0.4 is 10.5 Å². The summed E-state index contributed by atoms with van der Waals surface area (Å²) in [7, 11) is -1.77. The Morgan fingerprint density at radius 2 is 1.94 bits per heavy atom. The van der Waals surface area contributed by atoms with Crippen molar-refractivity contribution in [3.63, 3.8) is 0 Å². The van der Waals surface area contributed by atoms with E-state index in [0.717, 1.165) is 19.3 Å². The lowest BCUT2D eigenvalue weighted by Crippen LogP contribution is -2.44. The number of rotatable bonds is 9. The van der Waals surface area contributed by atoms with Crippen LogP contribution in [0.2, 0.25) is 0 Å². The lowest BCUT2D eigenvalue weighted by atomic mass is 10.1. The summed E-state index contributed by atoms with van der Waals surface area (Å²) in [6.07, 6.45) is 2.67. The van der Waals surface area contributed by atoms with Gasteiger partial charge in [0.2, 0.25) is 0 Å². The van der Waals surface area contributed by atoms with Crippen molar-refractivity contribution in [1.82, 2.24) is 9.03 Å². The highest BCUT2D eigenvalue weighted by molar-refractivity contribution is 7.87. The van der Waals surface area contributed by atoms with Crippen molar-refractivity contribution in [2.45, 2.75) is 46.1 Å². The highest BCUT2D eigenvalue weighted by Crippen LogP contribution is 2.03. The Kier molecular flexibility index (Phi) is 7.94. The number of nitrogens with zero attached hydrogens (tertiary/aromatic N) is 1. The largest absolute Gasteiger partial charge is 0.327 e. The van der Waals surface area contributed by atoms with E-state index < -0.39 is 10.2 Å². The number of hydrogen-bond acceptors (Lipinski definition) is 3. The molecule has 0 aliphatic rings. The van der Waals surface area contributed by atoms with Gasteiger partial charge in [-0.25, -0.2) is 4.72 Å². The minimum Gasteiger partial charge on any atom is -0.327 e. The molecule has 0 aromatic rings. The van der Waals surface area contributed by atoms with E-state index >= 15 is 0 Å². The van der Waals surface area contributed by atoms with Gasteiger partial charge in [0.15, 0.2) is 0 Å². The first-order valence-corrected chi connectivity index (χ1v) is 7.70. The maximum Gasteiger partial charge on any atom is 0.279 e. The fraction of sp³-hybridized carbons (Fsp3) is 1.00. The molecule has 0 saturated heterocycles. The Hall–Kier alpha value is -0.170. The van der Waals surface area contributed by atoms with E-state index in [1.807, 2.05) is 6.92 Å². The third-order valence-electron chi connectivity index (χ3n) is 2.54. The summed E-state index contributed by atoms with van der Waals surface area (Å²) in [5.41, 5.74) is 5.84. The Morgan fingerprint density at radius 1 is 1.35 bits per heavy atom. The van der Waals surface area contributed by atoms with Crippen LogP contribution in [0.5, 0.6) is 0 Å². The highest BCUT2D eigenvalue weighted by atomic mass is 32.2. The summed E-state index contributed by atoms with van der Waals surface area (Å²) in [5, 5.41) is 0. The summed E-state index contributed by atoms with van der Waals surface area (Å²) in [6, 6.07) is -0.121. The molecule has 17 heavy (non-hydrogen) atoms. The molecular formula is C11H27N3O2S. The molecule has 1 unspecified atom stereocenters. The molecule has 0 aromatic heterocycles. The second-order valence-corrected chi connectivity index (χ2v) is 6.78. The second kappa shape index (κ2) is 8.02. The molecule has 0 radical (unpaired) electrons. The minimum atomic E-state index is -3.36. The van der Waals surface area contributed by atoms with Gasteiger partial charge in [-0.3, -0.25) is 0 Å². The summed E-state index contributed by atoms with van der Waals surface area (Å²) in [6.45, 7) is 7.03. The molecule has 0 aromatic carbocycles. The van der Waals surface area contributed by atoms with E-state index in [0.29, 0.717) is 19.0 Å². The quantitative estimate of drug-likeness (QED) is 0.651. The summed E-state index contributed by atoms with van der Waals surface area (Å²) in [4.78, 5) is 0. The third kappa shape index (κ3) is 7.70. The maximum absolute atomic E-state index is 11.8. The van der Waals surface area contributed by atoms with Gasteiger partial charge in [0, 0.05) is 26.2 Å². The SMILES string of the molecule is CCCCN(C)S(=O)(=O)NCC(N)CC(C)C. The van der Waals surface area contributed by atoms with Crippen molar-refractivity contribution in [3.05, 3.63) is 0 Å². The average Bonchev–Trinajstić information content (AvgIpc) is 2.22. The van der Waals surface area contributed by atoms with E-state index in [2.05, 4.69) is 18.6 Å². The van der Waals surface area contributed by atoms with Crippen molar-refractivity contribution < 1.29 is 8.42 Å². The molecule has 0 spiro atoms.